The molecular weight excluding hydrogens is 306 g/mol. The van der Waals surface area contributed by atoms with Crippen LogP contribution in [-0.2, 0) is 15.9 Å². The molecule has 0 saturated heterocycles. The zero-order chi connectivity index (χ0) is 13.9. The Morgan fingerprint density at radius 2 is 2.00 bits per heavy atom. The molecule has 0 heterocycles. The quantitative estimate of drug-likeness (QED) is 0.669. The van der Waals surface area contributed by atoms with Crippen molar-refractivity contribution in [2.24, 2.45) is 5.92 Å². The minimum atomic E-state index is 0.589. The standard InChI is InChI=1S/C15H24BrNO2/c1-18-8-6-14(12-17-7-9-19-2)10-13-4-3-5-15(16)11-13/h3-5,11,14,17H,6-10,12H2,1-2H3. The molecule has 0 saturated carbocycles. The minimum Gasteiger partial charge on any atom is -0.385 e. The Balaban J connectivity index is 2.43. The Morgan fingerprint density at radius 3 is 2.68 bits per heavy atom. The van der Waals surface area contributed by atoms with E-state index in [0.29, 0.717) is 5.92 Å². The van der Waals surface area contributed by atoms with Crippen molar-refractivity contribution in [1.82, 2.24) is 5.32 Å². The second-order valence-corrected chi connectivity index (χ2v) is 5.59. The molecule has 4 heteroatoms. The molecule has 0 aliphatic heterocycles. The highest BCUT2D eigenvalue weighted by Gasteiger charge is 2.09. The Morgan fingerprint density at radius 1 is 1.21 bits per heavy atom. The smallest absolute Gasteiger partial charge is 0.0587 e. The fraction of sp³-hybridized carbons (Fsp3) is 0.600. The first-order chi connectivity index (χ1) is 9.26. The third-order valence-corrected chi connectivity index (χ3v) is 3.55. The van der Waals surface area contributed by atoms with Crippen molar-refractivity contribution < 1.29 is 9.47 Å². The van der Waals surface area contributed by atoms with Gasteiger partial charge >= 0.3 is 0 Å². The molecule has 0 aliphatic rings. The molecule has 0 aromatic heterocycles. The number of methoxy groups -OCH3 is 2. The van der Waals surface area contributed by atoms with Gasteiger partial charge in [-0.3, -0.25) is 0 Å². The van der Waals surface area contributed by atoms with Crippen LogP contribution in [0, 0.1) is 5.92 Å². The van der Waals surface area contributed by atoms with E-state index >= 15 is 0 Å². The molecule has 19 heavy (non-hydrogen) atoms. The van der Waals surface area contributed by atoms with E-state index in [2.05, 4.69) is 45.5 Å². The van der Waals surface area contributed by atoms with Gasteiger partial charge in [-0.05, 0) is 43.0 Å². The molecule has 0 fully saturated rings. The third-order valence-electron chi connectivity index (χ3n) is 3.06. The number of ether oxygens (including phenoxy) is 2. The van der Waals surface area contributed by atoms with E-state index in [1.54, 1.807) is 14.2 Å². The van der Waals surface area contributed by atoms with Gasteiger partial charge in [-0.25, -0.2) is 0 Å². The van der Waals surface area contributed by atoms with Gasteiger partial charge in [0.15, 0.2) is 0 Å². The molecule has 0 aliphatic carbocycles. The van der Waals surface area contributed by atoms with Gasteiger partial charge in [0.05, 0.1) is 6.61 Å². The maximum atomic E-state index is 5.20. The van der Waals surface area contributed by atoms with Crippen molar-refractivity contribution in [2.45, 2.75) is 12.8 Å². The molecule has 1 aromatic carbocycles. The van der Waals surface area contributed by atoms with Crippen LogP contribution in [0.4, 0.5) is 0 Å². The van der Waals surface area contributed by atoms with Crippen molar-refractivity contribution in [3.05, 3.63) is 34.3 Å². The van der Waals surface area contributed by atoms with Crippen LogP contribution >= 0.6 is 15.9 Å². The highest BCUT2D eigenvalue weighted by Crippen LogP contribution is 2.16. The fourth-order valence-corrected chi connectivity index (χ4v) is 2.49. The van der Waals surface area contributed by atoms with Gasteiger partial charge < -0.3 is 14.8 Å². The van der Waals surface area contributed by atoms with Crippen LogP contribution in [0.2, 0.25) is 0 Å². The van der Waals surface area contributed by atoms with E-state index in [4.69, 9.17) is 9.47 Å². The SMILES string of the molecule is COCCNCC(CCOC)Cc1cccc(Br)c1. The molecule has 3 nitrogen and oxygen atoms in total. The summed E-state index contributed by atoms with van der Waals surface area (Å²) in [4.78, 5) is 0. The third kappa shape index (κ3) is 7.67. The van der Waals surface area contributed by atoms with Crippen molar-refractivity contribution in [3.8, 4) is 0 Å². The maximum absolute atomic E-state index is 5.20. The topological polar surface area (TPSA) is 30.5 Å². The predicted molar refractivity (Wildman–Crippen MR) is 82.6 cm³/mol. The van der Waals surface area contributed by atoms with Crippen LogP contribution in [-0.4, -0.2) is 40.5 Å². The lowest BCUT2D eigenvalue weighted by Crippen LogP contribution is -2.28. The molecule has 1 atom stereocenters. The Labute approximate surface area is 124 Å². The molecule has 1 unspecified atom stereocenters. The normalized spacial score (nSPS) is 12.6. The van der Waals surface area contributed by atoms with Gasteiger partial charge in [-0.2, -0.15) is 0 Å². The van der Waals surface area contributed by atoms with E-state index in [1.165, 1.54) is 5.56 Å². The van der Waals surface area contributed by atoms with Crippen molar-refractivity contribution in [2.75, 3.05) is 40.5 Å². The number of hydrogen-bond donors (Lipinski definition) is 1. The first-order valence-electron chi connectivity index (χ1n) is 6.69. The predicted octanol–water partition coefficient (Wildman–Crippen LogP) is 2.88. The maximum Gasteiger partial charge on any atom is 0.0587 e. The second kappa shape index (κ2) is 10.4. The zero-order valence-electron chi connectivity index (χ0n) is 11.8. The lowest BCUT2D eigenvalue weighted by molar-refractivity contribution is 0.172. The molecule has 1 rings (SSSR count). The molecule has 0 amide bonds. The number of rotatable bonds is 10. The summed E-state index contributed by atoms with van der Waals surface area (Å²) in [5.74, 6) is 0.589. The number of benzene rings is 1. The highest BCUT2D eigenvalue weighted by molar-refractivity contribution is 9.10. The largest absolute Gasteiger partial charge is 0.385 e. The van der Waals surface area contributed by atoms with Crippen molar-refractivity contribution in [1.29, 1.82) is 0 Å². The summed E-state index contributed by atoms with van der Waals surface area (Å²) < 4.78 is 11.4. The highest BCUT2D eigenvalue weighted by atomic mass is 79.9. The fourth-order valence-electron chi connectivity index (χ4n) is 2.04. The lowest BCUT2D eigenvalue weighted by Gasteiger charge is -2.17. The van der Waals surface area contributed by atoms with E-state index in [1.807, 2.05) is 0 Å². The monoisotopic (exact) mass is 329 g/mol. The summed E-state index contributed by atoms with van der Waals surface area (Å²) in [6, 6.07) is 8.52. The van der Waals surface area contributed by atoms with Crippen LogP contribution in [0.15, 0.2) is 28.7 Å². The van der Waals surface area contributed by atoms with E-state index in [0.717, 1.165) is 43.6 Å². The van der Waals surface area contributed by atoms with Crippen LogP contribution in [0.25, 0.3) is 0 Å². The van der Waals surface area contributed by atoms with Gasteiger partial charge in [0.1, 0.15) is 0 Å². The number of halogens is 1. The minimum absolute atomic E-state index is 0.589. The van der Waals surface area contributed by atoms with E-state index < -0.39 is 0 Å². The summed E-state index contributed by atoms with van der Waals surface area (Å²) in [6.07, 6.45) is 2.14. The van der Waals surface area contributed by atoms with Gasteiger partial charge in [0.2, 0.25) is 0 Å². The first-order valence-corrected chi connectivity index (χ1v) is 7.48. The van der Waals surface area contributed by atoms with Crippen LogP contribution in [0.3, 0.4) is 0 Å². The van der Waals surface area contributed by atoms with Gasteiger partial charge in [0, 0.05) is 31.8 Å². The van der Waals surface area contributed by atoms with Crippen molar-refractivity contribution in [3.63, 3.8) is 0 Å². The number of nitrogens with one attached hydrogen (secondary N) is 1. The Bertz CT molecular complexity index is 347. The molecule has 1 N–H and O–H groups in total. The van der Waals surface area contributed by atoms with Gasteiger partial charge in [-0.15, -0.1) is 0 Å². The van der Waals surface area contributed by atoms with Crippen LogP contribution < -0.4 is 5.32 Å². The summed E-state index contributed by atoms with van der Waals surface area (Å²) in [5, 5.41) is 3.44. The first kappa shape index (κ1) is 16.6. The van der Waals surface area contributed by atoms with Gasteiger partial charge in [0.25, 0.3) is 0 Å². The molecule has 0 spiro atoms. The van der Waals surface area contributed by atoms with Gasteiger partial charge in [-0.1, -0.05) is 28.1 Å². The number of hydrogen-bond acceptors (Lipinski definition) is 3. The van der Waals surface area contributed by atoms with E-state index in [9.17, 15) is 0 Å². The molecule has 108 valence electrons. The molecule has 0 bridgehead atoms. The average molecular weight is 330 g/mol. The zero-order valence-corrected chi connectivity index (χ0v) is 13.4. The second-order valence-electron chi connectivity index (χ2n) is 4.68. The van der Waals surface area contributed by atoms with Crippen molar-refractivity contribution >= 4 is 15.9 Å². The summed E-state index contributed by atoms with van der Waals surface area (Å²) in [6.45, 7) is 3.47. The summed E-state index contributed by atoms with van der Waals surface area (Å²) in [5.41, 5.74) is 1.36. The van der Waals surface area contributed by atoms with Crippen LogP contribution in [0.1, 0.15) is 12.0 Å². The van der Waals surface area contributed by atoms with Crippen LogP contribution in [0.5, 0.6) is 0 Å². The average Bonchev–Trinajstić information content (AvgIpc) is 2.40. The molecule has 0 radical (unpaired) electrons. The van der Waals surface area contributed by atoms with E-state index in [-0.39, 0.29) is 0 Å². The summed E-state index contributed by atoms with van der Waals surface area (Å²) >= 11 is 3.52. The Kier molecular flexibility index (Phi) is 9.08. The lowest BCUT2D eigenvalue weighted by atomic mass is 9.96. The Hall–Kier alpha value is -0.420. The molecular formula is C15H24BrNO2. The molecule has 1 aromatic rings. The summed E-state index contributed by atoms with van der Waals surface area (Å²) in [7, 11) is 3.49.